The van der Waals surface area contributed by atoms with Crippen LogP contribution in [0.2, 0.25) is 0 Å². The summed E-state index contributed by atoms with van der Waals surface area (Å²) in [5.74, 6) is -1.24. The molecule has 1 atom stereocenters. The van der Waals surface area contributed by atoms with Gasteiger partial charge in [0, 0.05) is 16.9 Å². The third-order valence-electron chi connectivity index (χ3n) is 5.18. The van der Waals surface area contributed by atoms with E-state index in [9.17, 15) is 9.59 Å². The van der Waals surface area contributed by atoms with Crippen molar-refractivity contribution < 1.29 is 28.2 Å². The lowest BCUT2D eigenvalue weighted by atomic mass is 9.84. The van der Waals surface area contributed by atoms with Gasteiger partial charge in [-0.15, -0.1) is 0 Å². The van der Waals surface area contributed by atoms with Gasteiger partial charge in [-0.05, 0) is 55.3 Å². The van der Waals surface area contributed by atoms with E-state index >= 15 is 0 Å². The highest BCUT2D eigenvalue weighted by Gasteiger charge is 2.36. The quantitative estimate of drug-likeness (QED) is 0.593. The second-order valence-corrected chi connectivity index (χ2v) is 7.09. The van der Waals surface area contributed by atoms with Gasteiger partial charge in [0.2, 0.25) is 5.88 Å². The van der Waals surface area contributed by atoms with E-state index in [1.807, 2.05) is 36.4 Å². The Morgan fingerprint density at radius 3 is 2.52 bits per heavy atom. The molecule has 1 unspecified atom stereocenters. The Bertz CT molecular complexity index is 1180. The summed E-state index contributed by atoms with van der Waals surface area (Å²) in [6.07, 6.45) is 1.59. The zero-order valence-electron chi connectivity index (χ0n) is 17.3. The van der Waals surface area contributed by atoms with Gasteiger partial charge in [0.1, 0.15) is 16.9 Å². The van der Waals surface area contributed by atoms with Crippen molar-refractivity contribution in [2.45, 2.75) is 26.2 Å². The van der Waals surface area contributed by atoms with Gasteiger partial charge in [-0.2, -0.15) is 0 Å². The largest absolute Gasteiger partial charge is 0.466 e. The Morgan fingerprint density at radius 2 is 1.74 bits per heavy atom. The molecule has 1 aromatic heterocycles. The maximum atomic E-state index is 12.6. The molecule has 2 N–H and O–H groups in total. The Kier molecular flexibility index (Phi) is 5.66. The van der Waals surface area contributed by atoms with Crippen LogP contribution in [-0.4, -0.2) is 25.2 Å². The lowest BCUT2D eigenvalue weighted by Crippen LogP contribution is -2.28. The first-order valence-corrected chi connectivity index (χ1v) is 10.1. The van der Waals surface area contributed by atoms with Gasteiger partial charge in [0.05, 0.1) is 25.9 Å². The van der Waals surface area contributed by atoms with Crippen LogP contribution in [0.3, 0.4) is 0 Å². The number of benzene rings is 2. The standard InChI is InChI=1S/C24H23NO6/c1-3-28-21(26)13-18-17-12-15(14-5-7-19-16(11-14)9-10-30-19)6-8-20(17)31-23(25)22(18)24(27)29-4-2/h5-12,18H,3-4,13,25H2,1-2H3. The second-order valence-electron chi connectivity index (χ2n) is 7.09. The molecule has 2 heterocycles. The number of fused-ring (bicyclic) bond motifs is 2. The molecule has 31 heavy (non-hydrogen) atoms. The van der Waals surface area contributed by atoms with Crippen molar-refractivity contribution in [3.05, 3.63) is 65.7 Å². The van der Waals surface area contributed by atoms with Crippen molar-refractivity contribution in [2.75, 3.05) is 13.2 Å². The number of esters is 2. The van der Waals surface area contributed by atoms with E-state index < -0.39 is 17.9 Å². The molecule has 0 saturated heterocycles. The van der Waals surface area contributed by atoms with Gasteiger partial charge in [-0.25, -0.2) is 4.79 Å². The van der Waals surface area contributed by atoms with Crippen LogP contribution in [-0.2, 0) is 19.1 Å². The molecule has 0 amide bonds. The number of carbonyl (C=O) groups is 2. The molecule has 0 aliphatic carbocycles. The van der Waals surface area contributed by atoms with Crippen molar-refractivity contribution in [3.8, 4) is 16.9 Å². The summed E-state index contributed by atoms with van der Waals surface area (Å²) in [4.78, 5) is 25.0. The SMILES string of the molecule is CCOC(=O)CC1C(C(=O)OCC)=C(N)Oc2ccc(-c3ccc4occc4c3)cc21. The van der Waals surface area contributed by atoms with E-state index in [2.05, 4.69) is 0 Å². The highest BCUT2D eigenvalue weighted by Crippen LogP contribution is 2.43. The molecule has 1 aliphatic rings. The van der Waals surface area contributed by atoms with Crippen LogP contribution in [0.1, 0.15) is 31.7 Å². The van der Waals surface area contributed by atoms with Crippen LogP contribution in [0.4, 0.5) is 0 Å². The highest BCUT2D eigenvalue weighted by atomic mass is 16.5. The first kappa shape index (κ1) is 20.5. The van der Waals surface area contributed by atoms with Crippen LogP contribution >= 0.6 is 0 Å². The monoisotopic (exact) mass is 421 g/mol. The van der Waals surface area contributed by atoms with Crippen LogP contribution in [0.15, 0.2) is 64.6 Å². The van der Waals surface area contributed by atoms with Gasteiger partial charge in [0.25, 0.3) is 0 Å². The molecule has 7 heteroatoms. The maximum absolute atomic E-state index is 12.6. The first-order chi connectivity index (χ1) is 15.0. The molecule has 0 spiro atoms. The second kappa shape index (κ2) is 8.55. The van der Waals surface area contributed by atoms with Crippen molar-refractivity contribution >= 4 is 22.9 Å². The summed E-state index contributed by atoms with van der Waals surface area (Å²) in [6, 6.07) is 13.4. The lowest BCUT2D eigenvalue weighted by Gasteiger charge is -2.28. The summed E-state index contributed by atoms with van der Waals surface area (Å²) >= 11 is 0. The van der Waals surface area contributed by atoms with E-state index in [4.69, 9.17) is 24.4 Å². The van der Waals surface area contributed by atoms with E-state index in [-0.39, 0.29) is 31.1 Å². The fourth-order valence-corrected chi connectivity index (χ4v) is 3.79. The van der Waals surface area contributed by atoms with E-state index in [0.29, 0.717) is 11.3 Å². The van der Waals surface area contributed by atoms with Crippen LogP contribution in [0, 0.1) is 0 Å². The highest BCUT2D eigenvalue weighted by molar-refractivity contribution is 5.93. The van der Waals surface area contributed by atoms with Crippen LogP contribution in [0.25, 0.3) is 22.1 Å². The molecule has 2 aromatic carbocycles. The Balaban J connectivity index is 1.78. The third kappa shape index (κ3) is 3.99. The van der Waals surface area contributed by atoms with Gasteiger partial charge in [0.15, 0.2) is 0 Å². The van der Waals surface area contributed by atoms with Gasteiger partial charge >= 0.3 is 11.9 Å². The summed E-state index contributed by atoms with van der Waals surface area (Å²) in [5, 5.41) is 0.978. The number of carbonyl (C=O) groups excluding carboxylic acids is 2. The zero-order chi connectivity index (χ0) is 22.0. The summed E-state index contributed by atoms with van der Waals surface area (Å²) in [5.41, 5.74) is 9.53. The number of furan rings is 1. The molecule has 3 aromatic rings. The van der Waals surface area contributed by atoms with Crippen LogP contribution in [0.5, 0.6) is 5.75 Å². The summed E-state index contributed by atoms with van der Waals surface area (Å²) in [7, 11) is 0. The lowest BCUT2D eigenvalue weighted by molar-refractivity contribution is -0.143. The molecule has 4 rings (SSSR count). The molecule has 0 fully saturated rings. The summed E-state index contributed by atoms with van der Waals surface area (Å²) < 4.78 is 21.4. The van der Waals surface area contributed by atoms with Gasteiger partial charge in [-0.1, -0.05) is 12.1 Å². The third-order valence-corrected chi connectivity index (χ3v) is 5.18. The Morgan fingerprint density at radius 1 is 1.00 bits per heavy atom. The molecule has 0 bridgehead atoms. The number of hydrogen-bond donors (Lipinski definition) is 1. The normalized spacial score (nSPS) is 15.4. The van der Waals surface area contributed by atoms with Crippen molar-refractivity contribution in [1.29, 1.82) is 0 Å². The van der Waals surface area contributed by atoms with Crippen molar-refractivity contribution in [2.24, 2.45) is 5.73 Å². The predicted molar refractivity (Wildman–Crippen MR) is 114 cm³/mol. The minimum absolute atomic E-state index is 0.0523. The fraction of sp³-hybridized carbons (Fsp3) is 0.250. The van der Waals surface area contributed by atoms with E-state index in [0.717, 1.165) is 22.1 Å². The molecule has 0 saturated carbocycles. The fourth-order valence-electron chi connectivity index (χ4n) is 3.79. The zero-order valence-corrected chi connectivity index (χ0v) is 17.3. The smallest absolute Gasteiger partial charge is 0.340 e. The number of rotatable bonds is 6. The van der Waals surface area contributed by atoms with Crippen molar-refractivity contribution in [1.82, 2.24) is 0 Å². The number of ether oxygens (including phenoxy) is 3. The van der Waals surface area contributed by atoms with Gasteiger partial charge < -0.3 is 24.4 Å². The topological polar surface area (TPSA) is 101 Å². The molecule has 0 radical (unpaired) electrons. The average Bonchev–Trinajstić information content (AvgIpc) is 3.21. The Hall–Kier alpha value is -3.74. The molecular formula is C24H23NO6. The number of nitrogens with two attached hydrogens (primary N) is 1. The van der Waals surface area contributed by atoms with E-state index in [1.54, 1.807) is 26.2 Å². The van der Waals surface area contributed by atoms with Crippen molar-refractivity contribution in [3.63, 3.8) is 0 Å². The predicted octanol–water partition coefficient (Wildman–Crippen LogP) is 4.26. The summed E-state index contributed by atoms with van der Waals surface area (Å²) in [6.45, 7) is 3.86. The molecule has 160 valence electrons. The Labute approximate surface area is 179 Å². The minimum atomic E-state index is -0.639. The van der Waals surface area contributed by atoms with Crippen LogP contribution < -0.4 is 10.5 Å². The minimum Gasteiger partial charge on any atom is -0.466 e. The first-order valence-electron chi connectivity index (χ1n) is 10.1. The van der Waals surface area contributed by atoms with Gasteiger partial charge in [-0.3, -0.25) is 4.79 Å². The number of hydrogen-bond acceptors (Lipinski definition) is 7. The molecule has 7 nitrogen and oxygen atoms in total. The maximum Gasteiger partial charge on any atom is 0.340 e. The average molecular weight is 421 g/mol. The van der Waals surface area contributed by atoms with E-state index in [1.165, 1.54) is 0 Å². The molecular weight excluding hydrogens is 398 g/mol. The molecule has 1 aliphatic heterocycles.